The molecule has 0 radical (unpaired) electrons. The van der Waals surface area contributed by atoms with Crippen LogP contribution in [-0.2, 0) is 6.42 Å². The lowest BCUT2D eigenvalue weighted by Gasteiger charge is -2.10. The maximum Gasteiger partial charge on any atom is 0.346 e. The molecule has 0 amide bonds. The summed E-state index contributed by atoms with van der Waals surface area (Å²) in [6.45, 7) is 2.09. The number of nitrogens with zero attached hydrogens (tertiary/aromatic N) is 3. The van der Waals surface area contributed by atoms with Gasteiger partial charge >= 0.3 is 5.63 Å². The monoisotopic (exact) mass is 431 g/mol. The largest absolute Gasteiger partial charge is 0.422 e. The molecule has 0 aliphatic rings. The van der Waals surface area contributed by atoms with Crippen molar-refractivity contribution in [2.45, 2.75) is 19.8 Å². The van der Waals surface area contributed by atoms with Crippen molar-refractivity contribution < 1.29 is 4.42 Å². The molecule has 6 aromatic rings. The minimum atomic E-state index is -0.354. The molecule has 33 heavy (non-hydrogen) atoms. The molecule has 6 rings (SSSR count). The Bertz CT molecular complexity index is 1680. The number of rotatable bonds is 4. The van der Waals surface area contributed by atoms with Crippen LogP contribution in [0, 0.1) is 0 Å². The van der Waals surface area contributed by atoms with E-state index in [1.54, 1.807) is 0 Å². The van der Waals surface area contributed by atoms with Crippen molar-refractivity contribution in [2.24, 2.45) is 0 Å². The van der Waals surface area contributed by atoms with E-state index in [2.05, 4.69) is 6.92 Å². The Kier molecular flexibility index (Phi) is 4.54. The summed E-state index contributed by atoms with van der Waals surface area (Å²) in [4.78, 5) is 18.2. The quantitative estimate of drug-likeness (QED) is 0.243. The van der Waals surface area contributed by atoms with E-state index in [9.17, 15) is 4.79 Å². The van der Waals surface area contributed by atoms with Crippen LogP contribution in [0.1, 0.15) is 19.0 Å². The Morgan fingerprint density at radius 3 is 2.27 bits per heavy atom. The van der Waals surface area contributed by atoms with E-state index in [0.717, 1.165) is 50.9 Å². The lowest BCUT2D eigenvalue weighted by Crippen LogP contribution is -2.07. The molecule has 0 bridgehead atoms. The highest BCUT2D eigenvalue weighted by Crippen LogP contribution is 2.38. The maximum atomic E-state index is 13.2. The van der Waals surface area contributed by atoms with Crippen LogP contribution >= 0.6 is 0 Å². The Morgan fingerprint density at radius 1 is 0.818 bits per heavy atom. The molecule has 3 aromatic carbocycles. The Balaban J connectivity index is 1.90. The van der Waals surface area contributed by atoms with Crippen LogP contribution in [0.4, 0.5) is 0 Å². The van der Waals surface area contributed by atoms with Crippen LogP contribution in [-0.4, -0.2) is 14.8 Å². The average molecular weight is 431 g/mol. The fraction of sp³-hybridized carbons (Fsp3) is 0.107. The van der Waals surface area contributed by atoms with Crippen LogP contribution < -0.4 is 5.63 Å². The highest BCUT2D eigenvalue weighted by atomic mass is 16.4. The predicted octanol–water partition coefficient (Wildman–Crippen LogP) is 6.30. The Morgan fingerprint density at radius 2 is 1.52 bits per heavy atom. The second-order valence-corrected chi connectivity index (χ2v) is 8.10. The van der Waals surface area contributed by atoms with Gasteiger partial charge in [-0.25, -0.2) is 14.5 Å². The second-order valence-electron chi connectivity index (χ2n) is 8.10. The first-order valence-corrected chi connectivity index (χ1v) is 11.1. The highest BCUT2D eigenvalue weighted by Gasteiger charge is 2.23. The van der Waals surface area contributed by atoms with Crippen molar-refractivity contribution in [3.63, 3.8) is 0 Å². The van der Waals surface area contributed by atoms with Crippen molar-refractivity contribution in [3.05, 3.63) is 101 Å². The highest BCUT2D eigenvalue weighted by molar-refractivity contribution is 6.21. The maximum absolute atomic E-state index is 13.2. The number of hydrogen-bond donors (Lipinski definition) is 0. The minimum absolute atomic E-state index is 0.354. The molecule has 0 spiro atoms. The number of para-hydroxylation sites is 2. The molecule has 0 atom stereocenters. The smallest absolute Gasteiger partial charge is 0.346 e. The minimum Gasteiger partial charge on any atom is -0.422 e. The molecular formula is C28H21N3O2. The molecule has 5 heteroatoms. The second kappa shape index (κ2) is 7.71. The molecule has 3 aromatic heterocycles. The Labute approximate surface area is 189 Å². The van der Waals surface area contributed by atoms with E-state index in [4.69, 9.17) is 14.5 Å². The fourth-order valence-electron chi connectivity index (χ4n) is 4.56. The van der Waals surface area contributed by atoms with Gasteiger partial charge in [-0.2, -0.15) is 5.10 Å². The zero-order chi connectivity index (χ0) is 22.4. The first-order valence-electron chi connectivity index (χ1n) is 11.1. The molecule has 0 aliphatic carbocycles. The van der Waals surface area contributed by atoms with Gasteiger partial charge in [0.05, 0.1) is 22.2 Å². The van der Waals surface area contributed by atoms with Crippen LogP contribution in [0.15, 0.2) is 94.1 Å². The molecule has 160 valence electrons. The van der Waals surface area contributed by atoms with Gasteiger partial charge in [-0.1, -0.05) is 80.1 Å². The van der Waals surface area contributed by atoms with Crippen LogP contribution in [0.25, 0.3) is 49.7 Å². The van der Waals surface area contributed by atoms with Gasteiger partial charge in [0, 0.05) is 16.3 Å². The third-order valence-corrected chi connectivity index (χ3v) is 5.99. The van der Waals surface area contributed by atoms with Crippen molar-refractivity contribution in [1.82, 2.24) is 14.8 Å². The first kappa shape index (κ1) is 19.4. The average Bonchev–Trinajstić information content (AvgIpc) is 3.24. The van der Waals surface area contributed by atoms with E-state index in [1.807, 2.05) is 89.6 Å². The van der Waals surface area contributed by atoms with E-state index >= 15 is 0 Å². The summed E-state index contributed by atoms with van der Waals surface area (Å²) in [6, 6.07) is 27.7. The van der Waals surface area contributed by atoms with Crippen molar-refractivity contribution >= 4 is 32.8 Å². The summed E-state index contributed by atoms with van der Waals surface area (Å²) in [6.07, 6.45) is 1.54. The molecule has 5 nitrogen and oxygen atoms in total. The molecule has 0 saturated heterocycles. The lowest BCUT2D eigenvalue weighted by molar-refractivity contribution is 0.568. The van der Waals surface area contributed by atoms with Crippen LogP contribution in [0.3, 0.4) is 0 Å². The van der Waals surface area contributed by atoms with Crippen LogP contribution in [0.2, 0.25) is 0 Å². The number of aromatic nitrogens is 3. The van der Waals surface area contributed by atoms with E-state index < -0.39 is 0 Å². The van der Waals surface area contributed by atoms with Gasteiger partial charge in [0.2, 0.25) is 0 Å². The molecule has 0 N–H and O–H groups in total. The first-order chi connectivity index (χ1) is 16.3. The normalized spacial score (nSPS) is 11.5. The van der Waals surface area contributed by atoms with Gasteiger partial charge < -0.3 is 4.42 Å². The number of benzene rings is 3. The summed E-state index contributed by atoms with van der Waals surface area (Å²) in [5.41, 5.74) is 4.39. The van der Waals surface area contributed by atoms with Gasteiger partial charge in [-0.3, -0.25) is 0 Å². The fourth-order valence-corrected chi connectivity index (χ4v) is 4.56. The van der Waals surface area contributed by atoms with Gasteiger partial charge in [0.25, 0.3) is 0 Å². The molecule has 3 heterocycles. The number of aryl methyl sites for hydroxylation is 1. The van der Waals surface area contributed by atoms with Crippen molar-refractivity contribution in [3.8, 4) is 16.9 Å². The third kappa shape index (κ3) is 3.04. The van der Waals surface area contributed by atoms with Crippen LogP contribution in [0.5, 0.6) is 0 Å². The number of fused-ring (bicyclic) bond motifs is 5. The number of pyridine rings is 1. The van der Waals surface area contributed by atoms with E-state index in [1.165, 1.54) is 0 Å². The molecule has 0 fully saturated rings. The predicted molar refractivity (Wildman–Crippen MR) is 132 cm³/mol. The zero-order valence-electron chi connectivity index (χ0n) is 18.2. The van der Waals surface area contributed by atoms with E-state index in [-0.39, 0.29) is 5.63 Å². The molecule has 0 saturated carbocycles. The van der Waals surface area contributed by atoms with E-state index in [0.29, 0.717) is 17.4 Å². The SMILES string of the molecule is CCCc1nc2c(c(-c3ccccc3)nn2-c2ccccc2)c2c1c(=O)oc1ccccc12. The third-order valence-electron chi connectivity index (χ3n) is 5.99. The van der Waals surface area contributed by atoms with Gasteiger partial charge in [0.15, 0.2) is 5.65 Å². The van der Waals surface area contributed by atoms with Gasteiger partial charge in [0.1, 0.15) is 11.3 Å². The summed E-state index contributed by atoms with van der Waals surface area (Å²) in [7, 11) is 0. The summed E-state index contributed by atoms with van der Waals surface area (Å²) >= 11 is 0. The topological polar surface area (TPSA) is 60.9 Å². The van der Waals surface area contributed by atoms with Gasteiger partial charge in [-0.15, -0.1) is 0 Å². The summed E-state index contributed by atoms with van der Waals surface area (Å²) in [5.74, 6) is 0. The van der Waals surface area contributed by atoms with Crippen molar-refractivity contribution in [2.75, 3.05) is 0 Å². The molecular weight excluding hydrogens is 410 g/mol. The summed E-state index contributed by atoms with van der Waals surface area (Å²) < 4.78 is 7.61. The standard InChI is InChI=1S/C28H21N3O2/c1-2-11-21-24-23(20-16-9-10-17-22(20)33-28(24)32)25-26(18-12-5-3-6-13-18)30-31(27(25)29-21)19-14-7-4-8-15-19/h3-10,12-17H,2,11H2,1H3. The lowest BCUT2D eigenvalue weighted by atomic mass is 9.99. The zero-order valence-corrected chi connectivity index (χ0v) is 18.2. The molecule has 0 aliphatic heterocycles. The van der Waals surface area contributed by atoms with Gasteiger partial charge in [-0.05, 0) is 24.6 Å². The van der Waals surface area contributed by atoms with Crippen molar-refractivity contribution in [1.29, 1.82) is 0 Å². The molecule has 0 unspecified atom stereocenters. The number of hydrogen-bond acceptors (Lipinski definition) is 4. The Hall–Kier alpha value is -4.25. The summed E-state index contributed by atoms with van der Waals surface area (Å²) in [5, 5.41) is 8.20.